The van der Waals surface area contributed by atoms with Gasteiger partial charge in [0.05, 0.1) is 5.56 Å². The highest BCUT2D eigenvalue weighted by Gasteiger charge is 2.28. The Kier molecular flexibility index (Phi) is 6.69. The van der Waals surface area contributed by atoms with Crippen molar-refractivity contribution in [1.29, 1.82) is 0 Å². The molecule has 148 valence electrons. The Hall–Kier alpha value is -2.82. The van der Waals surface area contributed by atoms with E-state index >= 15 is 0 Å². The molecule has 5 nitrogen and oxygen atoms in total. The Bertz CT molecular complexity index is 788. The van der Waals surface area contributed by atoms with E-state index in [1.54, 1.807) is 24.3 Å². The maximum atomic E-state index is 12.2. The zero-order valence-corrected chi connectivity index (χ0v) is 16.4. The van der Waals surface area contributed by atoms with Gasteiger partial charge in [0.15, 0.2) is 6.61 Å². The summed E-state index contributed by atoms with van der Waals surface area (Å²) in [5.74, 6) is 1.61. The SMILES string of the molecule is C[C@@H]1[C@H](C)CCC[C@@H]1NC(=O)COC(=O)c1ccc(Oc2ccccc2)cc1. The molecule has 3 rings (SSSR count). The molecule has 5 heteroatoms. The van der Waals surface area contributed by atoms with Gasteiger partial charge in [0.25, 0.3) is 5.91 Å². The van der Waals surface area contributed by atoms with Crippen LogP contribution in [0.5, 0.6) is 11.5 Å². The van der Waals surface area contributed by atoms with E-state index in [0.29, 0.717) is 23.1 Å². The molecule has 0 bridgehead atoms. The van der Waals surface area contributed by atoms with Gasteiger partial charge in [-0.2, -0.15) is 0 Å². The number of nitrogens with one attached hydrogen (secondary N) is 1. The quantitative estimate of drug-likeness (QED) is 0.744. The van der Waals surface area contributed by atoms with Crippen LogP contribution in [0.3, 0.4) is 0 Å². The van der Waals surface area contributed by atoms with Gasteiger partial charge >= 0.3 is 5.97 Å². The fraction of sp³-hybridized carbons (Fsp3) is 0.391. The summed E-state index contributed by atoms with van der Waals surface area (Å²) >= 11 is 0. The Labute approximate surface area is 166 Å². The van der Waals surface area contributed by atoms with Crippen molar-refractivity contribution >= 4 is 11.9 Å². The zero-order valence-electron chi connectivity index (χ0n) is 16.4. The van der Waals surface area contributed by atoms with Crippen molar-refractivity contribution in [2.24, 2.45) is 11.8 Å². The monoisotopic (exact) mass is 381 g/mol. The van der Waals surface area contributed by atoms with Crippen molar-refractivity contribution in [1.82, 2.24) is 5.32 Å². The predicted octanol–water partition coefficient (Wildman–Crippen LogP) is 4.58. The molecule has 1 amide bonds. The lowest BCUT2D eigenvalue weighted by atomic mass is 9.78. The van der Waals surface area contributed by atoms with Crippen LogP contribution in [0, 0.1) is 11.8 Å². The second-order valence-electron chi connectivity index (χ2n) is 7.46. The average Bonchev–Trinajstić information content (AvgIpc) is 2.71. The van der Waals surface area contributed by atoms with E-state index in [-0.39, 0.29) is 18.6 Å². The van der Waals surface area contributed by atoms with Gasteiger partial charge in [-0.15, -0.1) is 0 Å². The van der Waals surface area contributed by atoms with Crippen LogP contribution in [0.25, 0.3) is 0 Å². The number of esters is 1. The van der Waals surface area contributed by atoms with Gasteiger partial charge in [0.1, 0.15) is 11.5 Å². The Balaban J connectivity index is 1.47. The van der Waals surface area contributed by atoms with Crippen LogP contribution in [0.2, 0.25) is 0 Å². The summed E-state index contributed by atoms with van der Waals surface area (Å²) in [4.78, 5) is 24.3. The fourth-order valence-corrected chi connectivity index (χ4v) is 3.53. The van der Waals surface area contributed by atoms with E-state index in [1.165, 1.54) is 6.42 Å². The molecule has 1 N–H and O–H groups in total. The van der Waals surface area contributed by atoms with Gasteiger partial charge in [0.2, 0.25) is 0 Å². The lowest BCUT2D eigenvalue weighted by molar-refractivity contribution is -0.125. The van der Waals surface area contributed by atoms with E-state index in [2.05, 4.69) is 19.2 Å². The number of ether oxygens (including phenoxy) is 2. The van der Waals surface area contributed by atoms with Gasteiger partial charge in [-0.3, -0.25) is 4.79 Å². The third kappa shape index (κ3) is 5.35. The minimum Gasteiger partial charge on any atom is -0.457 e. The Morgan fingerprint density at radius 2 is 1.64 bits per heavy atom. The number of amides is 1. The van der Waals surface area contributed by atoms with Crippen LogP contribution < -0.4 is 10.1 Å². The molecule has 0 unspecified atom stereocenters. The summed E-state index contributed by atoms with van der Waals surface area (Å²) in [7, 11) is 0. The van der Waals surface area contributed by atoms with Crippen LogP contribution in [-0.2, 0) is 9.53 Å². The maximum Gasteiger partial charge on any atom is 0.338 e. The molecule has 0 saturated heterocycles. The van der Waals surface area contributed by atoms with Gasteiger partial charge in [-0.25, -0.2) is 4.79 Å². The largest absolute Gasteiger partial charge is 0.457 e. The zero-order chi connectivity index (χ0) is 19.9. The summed E-state index contributed by atoms with van der Waals surface area (Å²) in [6, 6.07) is 16.2. The number of benzene rings is 2. The molecule has 3 atom stereocenters. The van der Waals surface area contributed by atoms with Crippen LogP contribution in [0.1, 0.15) is 43.5 Å². The molecular formula is C23H27NO4. The van der Waals surface area contributed by atoms with Crippen molar-refractivity contribution in [2.45, 2.75) is 39.2 Å². The first-order valence-corrected chi connectivity index (χ1v) is 9.82. The minimum atomic E-state index is -0.522. The van der Waals surface area contributed by atoms with Gasteiger partial charge in [0, 0.05) is 6.04 Å². The van der Waals surface area contributed by atoms with Crippen LogP contribution in [0.15, 0.2) is 54.6 Å². The molecule has 1 aliphatic rings. The summed E-state index contributed by atoms with van der Waals surface area (Å²) in [5, 5.41) is 3.01. The van der Waals surface area contributed by atoms with Gasteiger partial charge in [-0.05, 0) is 54.7 Å². The topological polar surface area (TPSA) is 64.6 Å². The number of carbonyl (C=O) groups is 2. The van der Waals surface area contributed by atoms with Crippen molar-refractivity contribution in [3.63, 3.8) is 0 Å². The van der Waals surface area contributed by atoms with Crippen molar-refractivity contribution in [3.05, 3.63) is 60.2 Å². The number of carbonyl (C=O) groups excluding carboxylic acids is 2. The number of hydrogen-bond acceptors (Lipinski definition) is 4. The molecule has 2 aromatic rings. The van der Waals surface area contributed by atoms with E-state index in [9.17, 15) is 9.59 Å². The summed E-state index contributed by atoms with van der Waals surface area (Å²) in [5.41, 5.74) is 0.382. The highest BCUT2D eigenvalue weighted by molar-refractivity contribution is 5.91. The second kappa shape index (κ2) is 9.40. The van der Waals surface area contributed by atoms with Gasteiger partial charge in [-0.1, -0.05) is 44.9 Å². The van der Waals surface area contributed by atoms with Crippen molar-refractivity contribution < 1.29 is 19.1 Å². The highest BCUT2D eigenvalue weighted by Crippen LogP contribution is 2.29. The molecule has 0 radical (unpaired) electrons. The number of hydrogen-bond donors (Lipinski definition) is 1. The normalized spacial score (nSPS) is 21.6. The molecule has 2 aromatic carbocycles. The molecule has 0 heterocycles. The van der Waals surface area contributed by atoms with Crippen LogP contribution >= 0.6 is 0 Å². The minimum absolute atomic E-state index is 0.157. The van der Waals surface area contributed by atoms with Crippen molar-refractivity contribution in [2.75, 3.05) is 6.61 Å². The number of para-hydroxylation sites is 1. The summed E-state index contributed by atoms with van der Waals surface area (Å²) in [6.07, 6.45) is 3.30. The summed E-state index contributed by atoms with van der Waals surface area (Å²) in [6.45, 7) is 4.12. The molecule has 0 spiro atoms. The van der Waals surface area contributed by atoms with Gasteiger partial charge < -0.3 is 14.8 Å². The maximum absolute atomic E-state index is 12.2. The molecule has 0 aromatic heterocycles. The third-order valence-electron chi connectivity index (χ3n) is 5.46. The first-order valence-electron chi connectivity index (χ1n) is 9.82. The van der Waals surface area contributed by atoms with Crippen molar-refractivity contribution in [3.8, 4) is 11.5 Å². The van der Waals surface area contributed by atoms with E-state index in [1.807, 2.05) is 30.3 Å². The molecular weight excluding hydrogens is 354 g/mol. The molecule has 1 aliphatic carbocycles. The standard InChI is InChI=1S/C23H27NO4/c1-16-7-6-10-21(17(16)2)24-22(25)15-27-23(26)18-11-13-20(14-12-18)28-19-8-4-3-5-9-19/h3-5,8-9,11-14,16-17,21H,6-7,10,15H2,1-2H3,(H,24,25)/t16-,17-,21+/m1/s1. The molecule has 1 saturated carbocycles. The van der Waals surface area contributed by atoms with E-state index < -0.39 is 5.97 Å². The lowest BCUT2D eigenvalue weighted by Crippen LogP contribution is -2.45. The third-order valence-corrected chi connectivity index (χ3v) is 5.46. The first kappa shape index (κ1) is 19.9. The van der Waals surface area contributed by atoms with Crippen LogP contribution in [0.4, 0.5) is 0 Å². The van der Waals surface area contributed by atoms with E-state index in [4.69, 9.17) is 9.47 Å². The summed E-state index contributed by atoms with van der Waals surface area (Å²) < 4.78 is 10.9. The smallest absolute Gasteiger partial charge is 0.338 e. The Morgan fingerprint density at radius 3 is 2.36 bits per heavy atom. The average molecular weight is 381 g/mol. The fourth-order valence-electron chi connectivity index (χ4n) is 3.53. The lowest BCUT2D eigenvalue weighted by Gasteiger charge is -2.34. The molecule has 28 heavy (non-hydrogen) atoms. The molecule has 1 fully saturated rings. The second-order valence-corrected chi connectivity index (χ2v) is 7.46. The number of rotatable bonds is 6. The predicted molar refractivity (Wildman–Crippen MR) is 107 cm³/mol. The van der Waals surface area contributed by atoms with E-state index in [0.717, 1.165) is 18.6 Å². The first-order chi connectivity index (χ1) is 13.5. The molecule has 0 aliphatic heterocycles. The Morgan fingerprint density at radius 1 is 0.964 bits per heavy atom. The van der Waals surface area contributed by atoms with Crippen LogP contribution in [-0.4, -0.2) is 24.5 Å². The highest BCUT2D eigenvalue weighted by atomic mass is 16.5.